The van der Waals surface area contributed by atoms with Gasteiger partial charge in [-0.3, -0.25) is 4.79 Å². The number of para-hydroxylation sites is 1. The van der Waals surface area contributed by atoms with Gasteiger partial charge in [-0.2, -0.15) is 0 Å². The molecule has 2 heterocycles. The lowest BCUT2D eigenvalue weighted by molar-refractivity contribution is -0.125. The van der Waals surface area contributed by atoms with Crippen molar-refractivity contribution in [3.63, 3.8) is 0 Å². The molecule has 3 rings (SSSR count). The number of carbonyl (C=O) groups excluding carboxylic acids is 1. The van der Waals surface area contributed by atoms with Crippen LogP contribution in [0, 0.1) is 0 Å². The lowest BCUT2D eigenvalue weighted by atomic mass is 9.95. The van der Waals surface area contributed by atoms with E-state index in [1.165, 1.54) is 0 Å². The van der Waals surface area contributed by atoms with Crippen LogP contribution in [0.5, 0.6) is 0 Å². The van der Waals surface area contributed by atoms with E-state index in [9.17, 15) is 13.2 Å². The monoisotopic (exact) mass is 350 g/mol. The predicted molar refractivity (Wildman–Crippen MR) is 92.5 cm³/mol. The van der Waals surface area contributed by atoms with Crippen LogP contribution in [0.1, 0.15) is 31.6 Å². The maximum Gasteiger partial charge on any atom is 0.242 e. The van der Waals surface area contributed by atoms with Crippen LogP contribution in [0.4, 0.5) is 0 Å². The molecular formula is C17H22N2O4S. The highest BCUT2D eigenvalue weighted by Gasteiger charge is 2.49. The van der Waals surface area contributed by atoms with Crippen molar-refractivity contribution in [2.45, 2.75) is 30.6 Å². The first-order valence-electron chi connectivity index (χ1n) is 8.03. The van der Waals surface area contributed by atoms with Crippen molar-refractivity contribution in [1.82, 2.24) is 10.6 Å². The molecule has 2 N–H and O–H groups in total. The highest BCUT2D eigenvalue weighted by molar-refractivity contribution is 7.92. The van der Waals surface area contributed by atoms with E-state index in [-0.39, 0.29) is 12.8 Å². The number of benzene rings is 1. The number of amides is 1. The molecule has 0 bridgehead atoms. The van der Waals surface area contributed by atoms with Crippen molar-refractivity contribution in [3.05, 3.63) is 36.1 Å². The number of rotatable bonds is 4. The molecule has 1 aromatic carbocycles. The van der Waals surface area contributed by atoms with Gasteiger partial charge in [-0.05, 0) is 45.0 Å². The Bertz CT molecular complexity index is 817. The van der Waals surface area contributed by atoms with E-state index in [4.69, 9.17) is 4.42 Å². The molecule has 7 heteroatoms. The minimum atomic E-state index is -3.52. The molecule has 0 saturated carbocycles. The Morgan fingerprint density at radius 3 is 2.58 bits per heavy atom. The zero-order valence-corrected chi connectivity index (χ0v) is 14.7. The van der Waals surface area contributed by atoms with Gasteiger partial charge in [0.1, 0.15) is 11.3 Å². The molecule has 24 heavy (non-hydrogen) atoms. The topological polar surface area (TPSA) is 88.4 Å². The number of hydrogen-bond donors (Lipinski definition) is 2. The fourth-order valence-corrected chi connectivity index (χ4v) is 4.55. The zero-order valence-electron chi connectivity index (χ0n) is 13.8. The van der Waals surface area contributed by atoms with Crippen LogP contribution < -0.4 is 10.6 Å². The quantitative estimate of drug-likeness (QED) is 0.877. The van der Waals surface area contributed by atoms with Crippen LogP contribution in [0.2, 0.25) is 0 Å². The Morgan fingerprint density at radius 2 is 1.96 bits per heavy atom. The van der Waals surface area contributed by atoms with Gasteiger partial charge in [0.25, 0.3) is 0 Å². The van der Waals surface area contributed by atoms with Gasteiger partial charge in [0.05, 0.1) is 6.04 Å². The van der Waals surface area contributed by atoms with Crippen molar-refractivity contribution in [3.8, 4) is 0 Å². The van der Waals surface area contributed by atoms with Gasteiger partial charge >= 0.3 is 0 Å². The second-order valence-corrected chi connectivity index (χ2v) is 8.72. The molecule has 1 saturated heterocycles. The Balaban J connectivity index is 1.84. The second-order valence-electron chi connectivity index (χ2n) is 6.40. The van der Waals surface area contributed by atoms with Gasteiger partial charge in [0, 0.05) is 11.6 Å². The Morgan fingerprint density at radius 1 is 1.29 bits per heavy atom. The standard InChI is InChI=1S/C17H22N2O4S/c1-12(15-11-13-5-3-4-6-14(13)23-15)19-16(20)17(24(2,21)22)7-9-18-10-8-17/h3-6,11-12,18H,7-10H2,1-2H3,(H,19,20). The van der Waals surface area contributed by atoms with Crippen LogP contribution in [0.3, 0.4) is 0 Å². The van der Waals surface area contributed by atoms with Gasteiger partial charge in [-0.15, -0.1) is 0 Å². The fraction of sp³-hybridized carbons (Fsp3) is 0.471. The van der Waals surface area contributed by atoms with E-state index in [0.29, 0.717) is 18.8 Å². The summed E-state index contributed by atoms with van der Waals surface area (Å²) in [6, 6.07) is 9.05. The maximum absolute atomic E-state index is 12.8. The summed E-state index contributed by atoms with van der Waals surface area (Å²) in [6.07, 6.45) is 1.71. The van der Waals surface area contributed by atoms with E-state index in [1.54, 1.807) is 6.92 Å². The first kappa shape index (κ1) is 17.0. The third kappa shape index (κ3) is 2.93. The molecule has 1 fully saturated rings. The van der Waals surface area contributed by atoms with E-state index < -0.39 is 26.5 Å². The number of nitrogens with one attached hydrogen (secondary N) is 2. The average molecular weight is 350 g/mol. The molecule has 2 aromatic rings. The maximum atomic E-state index is 12.8. The minimum absolute atomic E-state index is 0.282. The summed E-state index contributed by atoms with van der Waals surface area (Å²) in [5.74, 6) is 0.168. The number of furan rings is 1. The predicted octanol–water partition coefficient (Wildman–Crippen LogP) is 1.78. The largest absolute Gasteiger partial charge is 0.459 e. The highest BCUT2D eigenvalue weighted by Crippen LogP contribution is 2.30. The summed E-state index contributed by atoms with van der Waals surface area (Å²) >= 11 is 0. The van der Waals surface area contributed by atoms with Gasteiger partial charge < -0.3 is 15.1 Å². The molecule has 0 spiro atoms. The summed E-state index contributed by atoms with van der Waals surface area (Å²) in [6.45, 7) is 2.83. The molecule has 6 nitrogen and oxygen atoms in total. The number of fused-ring (bicyclic) bond motifs is 1. The Labute approximate surface area is 141 Å². The molecular weight excluding hydrogens is 328 g/mol. The van der Waals surface area contributed by atoms with Gasteiger partial charge in [-0.25, -0.2) is 8.42 Å². The van der Waals surface area contributed by atoms with Crippen LogP contribution in [-0.2, 0) is 14.6 Å². The van der Waals surface area contributed by atoms with Crippen molar-refractivity contribution in [2.24, 2.45) is 0 Å². The number of piperidine rings is 1. The normalized spacial score (nSPS) is 19.1. The van der Waals surface area contributed by atoms with Crippen LogP contribution in [0.15, 0.2) is 34.7 Å². The zero-order chi connectivity index (χ0) is 17.4. The van der Waals surface area contributed by atoms with Crippen LogP contribution in [-0.4, -0.2) is 38.4 Å². The summed E-state index contributed by atoms with van der Waals surface area (Å²) in [5, 5.41) is 6.89. The molecule has 1 atom stereocenters. The number of sulfone groups is 1. The van der Waals surface area contributed by atoms with Crippen molar-refractivity contribution < 1.29 is 17.6 Å². The lowest BCUT2D eigenvalue weighted by Gasteiger charge is -2.35. The van der Waals surface area contributed by atoms with E-state index in [0.717, 1.165) is 17.2 Å². The summed E-state index contributed by atoms with van der Waals surface area (Å²) in [7, 11) is -3.52. The van der Waals surface area contributed by atoms with Crippen LogP contribution in [0.25, 0.3) is 11.0 Å². The van der Waals surface area contributed by atoms with Crippen molar-refractivity contribution in [1.29, 1.82) is 0 Å². The molecule has 1 aliphatic rings. The first-order chi connectivity index (χ1) is 11.3. The minimum Gasteiger partial charge on any atom is -0.459 e. The van der Waals surface area contributed by atoms with Crippen molar-refractivity contribution >= 4 is 26.7 Å². The SMILES string of the molecule is CC(NC(=O)C1(S(C)(=O)=O)CCNCC1)c1cc2ccccc2o1. The Kier molecular flexibility index (Phi) is 4.40. The van der Waals surface area contributed by atoms with Gasteiger partial charge in [0.15, 0.2) is 14.6 Å². The van der Waals surface area contributed by atoms with E-state index in [1.807, 2.05) is 30.3 Å². The molecule has 1 aromatic heterocycles. The smallest absolute Gasteiger partial charge is 0.242 e. The highest BCUT2D eigenvalue weighted by atomic mass is 32.2. The molecule has 1 unspecified atom stereocenters. The van der Waals surface area contributed by atoms with Gasteiger partial charge in [0.2, 0.25) is 5.91 Å². The molecule has 1 amide bonds. The third-order valence-electron chi connectivity index (χ3n) is 4.75. The second kappa shape index (κ2) is 6.22. The molecule has 0 radical (unpaired) electrons. The number of carbonyl (C=O) groups is 1. The number of hydrogen-bond acceptors (Lipinski definition) is 5. The summed E-state index contributed by atoms with van der Waals surface area (Å²) < 4.78 is 29.0. The van der Waals surface area contributed by atoms with Crippen LogP contribution >= 0.6 is 0 Å². The summed E-state index contributed by atoms with van der Waals surface area (Å²) in [5.41, 5.74) is 0.744. The van der Waals surface area contributed by atoms with Gasteiger partial charge in [-0.1, -0.05) is 18.2 Å². The van der Waals surface area contributed by atoms with E-state index in [2.05, 4.69) is 10.6 Å². The van der Waals surface area contributed by atoms with Crippen molar-refractivity contribution in [2.75, 3.05) is 19.3 Å². The molecule has 130 valence electrons. The van der Waals surface area contributed by atoms with E-state index >= 15 is 0 Å². The Hall–Kier alpha value is -1.86. The first-order valence-corrected chi connectivity index (χ1v) is 9.92. The fourth-order valence-electron chi connectivity index (χ4n) is 3.21. The summed E-state index contributed by atoms with van der Waals surface area (Å²) in [4.78, 5) is 12.8. The molecule has 1 aliphatic heterocycles. The lowest BCUT2D eigenvalue weighted by Crippen LogP contribution is -2.57. The molecule has 0 aliphatic carbocycles. The third-order valence-corrected chi connectivity index (χ3v) is 6.77. The average Bonchev–Trinajstić information content (AvgIpc) is 2.98.